The van der Waals surface area contributed by atoms with Gasteiger partial charge in [-0.05, 0) is 60.8 Å². The Labute approximate surface area is 184 Å². The molecule has 0 aromatic carbocycles. The second-order valence-corrected chi connectivity index (χ2v) is 17.8. The SMILES string of the molecule is C[N-][Si](C)(C)C1C2CCCCC2C2C3CC(C)CCC3SC21.[CH3-].[Cl][Ti][Cl]. The summed E-state index contributed by atoms with van der Waals surface area (Å²) in [4.78, 5) is 5.01. The van der Waals surface area contributed by atoms with Crippen LogP contribution in [0.2, 0.25) is 18.6 Å². The van der Waals surface area contributed by atoms with Crippen LogP contribution in [0.3, 0.4) is 0 Å². The van der Waals surface area contributed by atoms with E-state index in [1.807, 2.05) is 0 Å². The summed E-state index contributed by atoms with van der Waals surface area (Å²) < 4.78 is 0. The number of hydrogen-bond donors (Lipinski definition) is 0. The van der Waals surface area contributed by atoms with Crippen LogP contribution in [0.15, 0.2) is 0 Å². The Kier molecular flexibility index (Phi) is 9.47. The molecule has 4 fully saturated rings. The molecule has 0 aromatic heterocycles. The van der Waals surface area contributed by atoms with Gasteiger partial charge < -0.3 is 12.4 Å². The molecule has 26 heavy (non-hydrogen) atoms. The van der Waals surface area contributed by atoms with E-state index in [2.05, 4.69) is 38.8 Å². The van der Waals surface area contributed by atoms with Crippen molar-refractivity contribution in [2.75, 3.05) is 7.05 Å². The van der Waals surface area contributed by atoms with Crippen molar-refractivity contribution in [1.29, 1.82) is 0 Å². The monoisotopic (exact) mass is 469 g/mol. The summed E-state index contributed by atoms with van der Waals surface area (Å²) in [5, 5.41) is 2.00. The van der Waals surface area contributed by atoms with Crippen LogP contribution in [0, 0.1) is 37.0 Å². The summed E-state index contributed by atoms with van der Waals surface area (Å²) in [6.07, 6.45) is 10.6. The molecule has 4 rings (SSSR count). The quantitative estimate of drug-likeness (QED) is 0.297. The molecule has 0 N–H and O–H groups in total. The second kappa shape index (κ2) is 10.2. The summed E-state index contributed by atoms with van der Waals surface area (Å²) >= 11 is 1.90. The van der Waals surface area contributed by atoms with Gasteiger partial charge in [-0.1, -0.05) is 47.5 Å². The van der Waals surface area contributed by atoms with Crippen LogP contribution in [0.4, 0.5) is 0 Å². The molecule has 1 nitrogen and oxygen atoms in total. The van der Waals surface area contributed by atoms with Gasteiger partial charge in [0.2, 0.25) is 0 Å². The summed E-state index contributed by atoms with van der Waals surface area (Å²) in [5.74, 6) is 5.24. The first-order chi connectivity index (χ1) is 11.9. The molecular weight excluding hydrogens is 433 g/mol. The maximum atomic E-state index is 5.01. The van der Waals surface area contributed by atoms with Crippen molar-refractivity contribution < 1.29 is 17.0 Å². The van der Waals surface area contributed by atoms with E-state index >= 15 is 0 Å². The van der Waals surface area contributed by atoms with Crippen molar-refractivity contribution in [2.45, 2.75) is 81.0 Å². The van der Waals surface area contributed by atoms with Crippen LogP contribution >= 0.6 is 30.4 Å². The van der Waals surface area contributed by atoms with E-state index in [0.29, 0.717) is 0 Å². The molecule has 0 aromatic rings. The molecule has 8 unspecified atom stereocenters. The Morgan fingerprint density at radius 1 is 1.00 bits per heavy atom. The molecule has 0 amide bonds. The number of hydrogen-bond acceptors (Lipinski definition) is 1. The van der Waals surface area contributed by atoms with Gasteiger partial charge in [0.1, 0.15) is 0 Å². The van der Waals surface area contributed by atoms with Gasteiger partial charge in [-0.3, -0.25) is 0 Å². The van der Waals surface area contributed by atoms with Crippen molar-refractivity contribution in [1.82, 2.24) is 0 Å². The third kappa shape index (κ3) is 4.60. The molecule has 0 bridgehead atoms. The Bertz CT molecular complexity index is 456. The molecule has 1 heterocycles. The number of rotatable bonds is 2. The van der Waals surface area contributed by atoms with Crippen molar-refractivity contribution >= 4 is 38.6 Å². The normalized spacial score (nSPS) is 43.9. The van der Waals surface area contributed by atoms with Crippen LogP contribution in [0.1, 0.15) is 51.9 Å². The molecular formula is C20H37Cl2NSSiTi-2. The average Bonchev–Trinajstić information content (AvgIpc) is 3.09. The summed E-state index contributed by atoms with van der Waals surface area (Å²) in [6, 6.07) is 0. The van der Waals surface area contributed by atoms with Crippen molar-refractivity contribution in [2.24, 2.45) is 29.6 Å². The fourth-order valence-electron chi connectivity index (χ4n) is 6.82. The van der Waals surface area contributed by atoms with E-state index < -0.39 is 25.3 Å². The van der Waals surface area contributed by atoms with Crippen molar-refractivity contribution in [3.63, 3.8) is 0 Å². The molecule has 0 spiro atoms. The van der Waals surface area contributed by atoms with Gasteiger partial charge in [0.05, 0.1) is 0 Å². The third-order valence-corrected chi connectivity index (χ3v) is 13.5. The minimum absolute atomic E-state index is 0. The standard InChI is InChI=1S/C19H34NSSi.CH3.2ClH.Ti/c1-12-9-10-16-15(11-12)17-13-7-5-6-8-14(13)19(18(17)21-16)22(3,4)20-2;;;;/h12-19H,5-11H2,1-4H3;1H3;2*1H;/q2*-1;;;+2/p-2. The number of halogens is 2. The number of nitrogens with zero attached hydrogens (tertiary/aromatic N) is 1. The van der Waals surface area contributed by atoms with Crippen LogP contribution < -0.4 is 0 Å². The van der Waals surface area contributed by atoms with Crippen LogP contribution in [-0.2, 0) is 17.0 Å². The molecule has 0 radical (unpaired) electrons. The molecule has 4 aliphatic rings. The fourth-order valence-corrected chi connectivity index (χ4v) is 13.0. The molecule has 3 saturated carbocycles. The van der Waals surface area contributed by atoms with Crippen molar-refractivity contribution in [3.8, 4) is 0 Å². The first-order valence-electron chi connectivity index (χ1n) is 10.2. The zero-order chi connectivity index (χ0) is 18.2. The van der Waals surface area contributed by atoms with E-state index in [1.54, 1.807) is 12.8 Å². The molecule has 8 atom stereocenters. The van der Waals surface area contributed by atoms with E-state index in [1.165, 1.54) is 32.1 Å². The zero-order valence-corrected chi connectivity index (χ0v) is 22.1. The molecule has 1 aliphatic heterocycles. The minimum atomic E-state index is -1.42. The van der Waals surface area contributed by atoms with Gasteiger partial charge in [-0.2, -0.15) is 18.8 Å². The van der Waals surface area contributed by atoms with Crippen LogP contribution in [-0.4, -0.2) is 25.8 Å². The second-order valence-electron chi connectivity index (χ2n) is 9.39. The third-order valence-electron chi connectivity index (χ3n) is 7.88. The fraction of sp³-hybridized carbons (Fsp3) is 0.950. The van der Waals surface area contributed by atoms with Gasteiger partial charge in [0.15, 0.2) is 0 Å². The van der Waals surface area contributed by atoms with Crippen molar-refractivity contribution in [3.05, 3.63) is 12.4 Å². The van der Waals surface area contributed by atoms with E-state index in [9.17, 15) is 0 Å². The summed E-state index contributed by atoms with van der Waals surface area (Å²) in [6.45, 7) is 7.65. The Hall–Kier alpha value is 1.82. The van der Waals surface area contributed by atoms with E-state index in [-0.39, 0.29) is 7.43 Å². The Morgan fingerprint density at radius 2 is 1.62 bits per heavy atom. The zero-order valence-electron chi connectivity index (χ0n) is 17.2. The molecule has 1 saturated heterocycles. The van der Waals surface area contributed by atoms with Gasteiger partial charge >= 0.3 is 35.6 Å². The summed E-state index contributed by atoms with van der Waals surface area (Å²) in [7, 11) is 10.5. The van der Waals surface area contributed by atoms with E-state index in [0.717, 1.165) is 45.6 Å². The Balaban J connectivity index is 0.000000570. The van der Waals surface area contributed by atoms with Crippen LogP contribution in [0.5, 0.6) is 0 Å². The van der Waals surface area contributed by atoms with Gasteiger partial charge in [-0.25, -0.2) is 0 Å². The molecule has 6 heteroatoms. The average molecular weight is 470 g/mol. The van der Waals surface area contributed by atoms with E-state index in [4.69, 9.17) is 23.6 Å². The number of fused-ring (bicyclic) bond motifs is 5. The predicted molar refractivity (Wildman–Crippen MR) is 119 cm³/mol. The predicted octanol–water partition coefficient (Wildman–Crippen LogP) is 7.75. The van der Waals surface area contributed by atoms with Gasteiger partial charge in [0.25, 0.3) is 0 Å². The van der Waals surface area contributed by atoms with Gasteiger partial charge in [0, 0.05) is 10.5 Å². The first kappa shape index (κ1) is 24.1. The number of thioether (sulfide) groups is 1. The van der Waals surface area contributed by atoms with Crippen LogP contribution in [0.25, 0.3) is 4.98 Å². The maximum absolute atomic E-state index is 5.01. The first-order valence-corrected chi connectivity index (χ1v) is 18.4. The van der Waals surface area contributed by atoms with Gasteiger partial charge in [-0.15, -0.1) is 0 Å². The topological polar surface area (TPSA) is 14.1 Å². The molecule has 3 aliphatic carbocycles. The Morgan fingerprint density at radius 3 is 2.23 bits per heavy atom. The molecule has 152 valence electrons. The summed E-state index contributed by atoms with van der Waals surface area (Å²) in [5.41, 5.74) is 0.985.